The predicted octanol–water partition coefficient (Wildman–Crippen LogP) is 4.55. The molecule has 0 aliphatic heterocycles. The number of para-hydroxylation sites is 1. The van der Waals surface area contributed by atoms with Crippen LogP contribution >= 0.6 is 23.2 Å². The van der Waals surface area contributed by atoms with E-state index in [-0.39, 0.29) is 24.1 Å². The number of nitrogens with zero attached hydrogens (tertiary/aromatic N) is 1. The average Bonchev–Trinajstić information content (AvgIpc) is 3.23. The highest BCUT2D eigenvalue weighted by Gasteiger charge is 2.21. The van der Waals surface area contributed by atoms with Crippen molar-refractivity contribution in [1.82, 2.24) is 20.6 Å². The number of carbonyl (C=O) groups is 2. The van der Waals surface area contributed by atoms with Crippen LogP contribution in [-0.2, 0) is 4.79 Å². The third kappa shape index (κ3) is 4.93. The zero-order valence-electron chi connectivity index (χ0n) is 16.9. The fourth-order valence-electron chi connectivity index (χ4n) is 3.59. The van der Waals surface area contributed by atoms with Gasteiger partial charge in [0.2, 0.25) is 5.91 Å². The Hall–Kier alpha value is -3.35. The Balaban J connectivity index is 1.48. The Morgan fingerprint density at radius 2 is 1.75 bits per heavy atom. The number of aromatic nitrogens is 2. The number of hydrogen-bond acceptors (Lipinski definition) is 3. The van der Waals surface area contributed by atoms with Gasteiger partial charge in [-0.2, -0.15) is 0 Å². The summed E-state index contributed by atoms with van der Waals surface area (Å²) in [5.74, 6) is -0.965. The van der Waals surface area contributed by atoms with Gasteiger partial charge in [0.1, 0.15) is 5.69 Å². The van der Waals surface area contributed by atoms with Gasteiger partial charge < -0.3 is 15.6 Å². The van der Waals surface area contributed by atoms with E-state index in [1.54, 1.807) is 6.07 Å². The summed E-state index contributed by atoms with van der Waals surface area (Å²) in [6.07, 6.45) is 3.38. The van der Waals surface area contributed by atoms with E-state index in [1.165, 1.54) is 12.3 Å². The number of fused-ring (bicyclic) bond motifs is 1. The van der Waals surface area contributed by atoms with Gasteiger partial charge in [-0.3, -0.25) is 14.6 Å². The SMILES string of the molecule is O=C(CNC(=O)c1cc(Cl)ccn1)NCC(c1ccccc1Cl)c1c[nH]c2ccccc12. The quantitative estimate of drug-likeness (QED) is 0.373. The number of rotatable bonds is 7. The van der Waals surface area contributed by atoms with Crippen LogP contribution in [0.2, 0.25) is 10.0 Å². The summed E-state index contributed by atoms with van der Waals surface area (Å²) in [6, 6.07) is 18.6. The third-order valence-electron chi connectivity index (χ3n) is 5.14. The topological polar surface area (TPSA) is 86.9 Å². The van der Waals surface area contributed by atoms with Crippen molar-refractivity contribution in [3.63, 3.8) is 0 Å². The van der Waals surface area contributed by atoms with E-state index in [1.807, 2.05) is 54.7 Å². The summed E-state index contributed by atoms with van der Waals surface area (Å²) in [7, 11) is 0. The lowest BCUT2D eigenvalue weighted by atomic mass is 9.90. The normalized spacial score (nSPS) is 11.8. The molecule has 8 heteroatoms. The van der Waals surface area contributed by atoms with Gasteiger partial charge >= 0.3 is 0 Å². The number of H-pyrrole nitrogens is 1. The highest BCUT2D eigenvalue weighted by Crippen LogP contribution is 2.34. The maximum Gasteiger partial charge on any atom is 0.270 e. The highest BCUT2D eigenvalue weighted by atomic mass is 35.5. The number of benzene rings is 2. The monoisotopic (exact) mass is 466 g/mol. The van der Waals surface area contributed by atoms with Crippen LogP contribution in [0.3, 0.4) is 0 Å². The van der Waals surface area contributed by atoms with Gasteiger partial charge in [0.15, 0.2) is 0 Å². The summed E-state index contributed by atoms with van der Waals surface area (Å²) in [4.78, 5) is 31.9. The Morgan fingerprint density at radius 1 is 0.969 bits per heavy atom. The van der Waals surface area contributed by atoms with Crippen LogP contribution in [0.15, 0.2) is 73.1 Å². The van der Waals surface area contributed by atoms with Crippen molar-refractivity contribution in [1.29, 1.82) is 0 Å². The molecule has 4 rings (SSSR count). The summed E-state index contributed by atoms with van der Waals surface area (Å²) in [5.41, 5.74) is 3.10. The number of nitrogens with one attached hydrogen (secondary N) is 3. The molecule has 1 unspecified atom stereocenters. The van der Waals surface area contributed by atoms with E-state index in [9.17, 15) is 9.59 Å². The van der Waals surface area contributed by atoms with E-state index in [0.717, 1.165) is 22.0 Å². The molecule has 0 bridgehead atoms. The van der Waals surface area contributed by atoms with E-state index < -0.39 is 5.91 Å². The second kappa shape index (κ2) is 9.85. The number of aromatic amines is 1. The van der Waals surface area contributed by atoms with Crippen LogP contribution < -0.4 is 10.6 Å². The summed E-state index contributed by atoms with van der Waals surface area (Å²) >= 11 is 12.4. The molecule has 0 aliphatic rings. The minimum absolute atomic E-state index is 0.151. The van der Waals surface area contributed by atoms with Gasteiger partial charge in [-0.05, 0) is 35.4 Å². The van der Waals surface area contributed by atoms with Crippen molar-refractivity contribution in [2.75, 3.05) is 13.1 Å². The molecule has 0 saturated heterocycles. The smallest absolute Gasteiger partial charge is 0.270 e. The summed E-state index contributed by atoms with van der Waals surface area (Å²) in [5, 5.41) is 7.55. The van der Waals surface area contributed by atoms with Gasteiger partial charge in [-0.1, -0.05) is 59.6 Å². The van der Waals surface area contributed by atoms with Crippen molar-refractivity contribution in [3.8, 4) is 0 Å². The molecule has 3 N–H and O–H groups in total. The van der Waals surface area contributed by atoms with Crippen molar-refractivity contribution < 1.29 is 9.59 Å². The van der Waals surface area contributed by atoms with Crippen LogP contribution in [0.1, 0.15) is 27.5 Å². The lowest BCUT2D eigenvalue weighted by molar-refractivity contribution is -0.120. The second-order valence-electron chi connectivity index (χ2n) is 7.21. The zero-order valence-corrected chi connectivity index (χ0v) is 18.5. The van der Waals surface area contributed by atoms with Gasteiger partial charge in [0.25, 0.3) is 5.91 Å². The van der Waals surface area contributed by atoms with E-state index in [4.69, 9.17) is 23.2 Å². The Bertz CT molecular complexity index is 1270. The summed E-state index contributed by atoms with van der Waals surface area (Å²) in [6.45, 7) is 0.131. The third-order valence-corrected chi connectivity index (χ3v) is 5.72. The number of pyridine rings is 1. The van der Waals surface area contributed by atoms with Crippen molar-refractivity contribution >= 4 is 45.9 Å². The molecule has 0 aliphatic carbocycles. The van der Waals surface area contributed by atoms with Gasteiger partial charge in [-0.25, -0.2) is 0 Å². The average molecular weight is 467 g/mol. The van der Waals surface area contributed by atoms with Crippen LogP contribution in [0, 0.1) is 0 Å². The van der Waals surface area contributed by atoms with E-state index in [2.05, 4.69) is 20.6 Å². The standard InChI is InChI=1S/C24H20Cl2N4O2/c25-15-9-10-27-22(11-15)24(32)30-14-23(31)29-13-18(16-5-1-3-7-20(16)26)19-12-28-21-8-4-2-6-17(19)21/h1-12,18,28H,13-14H2,(H,29,31)(H,30,32). The zero-order chi connectivity index (χ0) is 22.5. The molecular formula is C24H20Cl2N4O2. The fraction of sp³-hybridized carbons (Fsp3) is 0.125. The van der Waals surface area contributed by atoms with E-state index in [0.29, 0.717) is 16.6 Å². The van der Waals surface area contributed by atoms with Gasteiger partial charge in [0, 0.05) is 45.8 Å². The molecule has 2 aromatic heterocycles. The molecule has 2 aromatic carbocycles. The number of halogens is 2. The largest absolute Gasteiger partial charge is 0.361 e. The molecule has 162 valence electrons. The van der Waals surface area contributed by atoms with Crippen LogP contribution in [0.25, 0.3) is 10.9 Å². The second-order valence-corrected chi connectivity index (χ2v) is 8.05. The molecule has 1 atom stereocenters. The Kier molecular flexibility index (Phi) is 6.73. The number of amides is 2. The first-order valence-corrected chi connectivity index (χ1v) is 10.8. The highest BCUT2D eigenvalue weighted by molar-refractivity contribution is 6.31. The molecular weight excluding hydrogens is 447 g/mol. The molecule has 2 heterocycles. The molecule has 4 aromatic rings. The Labute approximate surface area is 195 Å². The van der Waals surface area contributed by atoms with Gasteiger partial charge in [0.05, 0.1) is 6.54 Å². The molecule has 32 heavy (non-hydrogen) atoms. The first-order chi connectivity index (χ1) is 15.5. The molecule has 6 nitrogen and oxygen atoms in total. The van der Waals surface area contributed by atoms with Crippen LogP contribution in [0.4, 0.5) is 0 Å². The lowest BCUT2D eigenvalue weighted by Gasteiger charge is -2.19. The van der Waals surface area contributed by atoms with Crippen molar-refractivity contribution in [3.05, 3.63) is 99.9 Å². The maximum absolute atomic E-state index is 12.5. The lowest BCUT2D eigenvalue weighted by Crippen LogP contribution is -2.39. The minimum Gasteiger partial charge on any atom is -0.361 e. The predicted molar refractivity (Wildman–Crippen MR) is 126 cm³/mol. The fourth-order valence-corrected chi connectivity index (χ4v) is 4.01. The van der Waals surface area contributed by atoms with Crippen molar-refractivity contribution in [2.45, 2.75) is 5.92 Å². The first kappa shape index (κ1) is 21.9. The Morgan fingerprint density at radius 3 is 2.56 bits per heavy atom. The molecule has 0 fully saturated rings. The van der Waals surface area contributed by atoms with Crippen LogP contribution in [-0.4, -0.2) is 34.9 Å². The number of hydrogen-bond donors (Lipinski definition) is 3. The van der Waals surface area contributed by atoms with E-state index >= 15 is 0 Å². The van der Waals surface area contributed by atoms with Crippen LogP contribution in [0.5, 0.6) is 0 Å². The molecule has 2 amide bonds. The first-order valence-electron chi connectivity index (χ1n) is 10.00. The van der Waals surface area contributed by atoms with Gasteiger partial charge in [-0.15, -0.1) is 0 Å². The summed E-state index contributed by atoms with van der Waals surface area (Å²) < 4.78 is 0. The molecule has 0 radical (unpaired) electrons. The maximum atomic E-state index is 12.5. The minimum atomic E-state index is -0.470. The van der Waals surface area contributed by atoms with Crippen molar-refractivity contribution in [2.24, 2.45) is 0 Å². The molecule has 0 saturated carbocycles. The molecule has 0 spiro atoms. The number of carbonyl (C=O) groups excluding carboxylic acids is 2.